The van der Waals surface area contributed by atoms with E-state index in [2.05, 4.69) is 5.32 Å². The summed E-state index contributed by atoms with van der Waals surface area (Å²) in [5.41, 5.74) is 0. The van der Waals surface area contributed by atoms with Gasteiger partial charge in [0.1, 0.15) is 11.8 Å². The zero-order chi connectivity index (χ0) is 12.8. The topological polar surface area (TPSA) is 79.5 Å². The summed E-state index contributed by atoms with van der Waals surface area (Å²) < 4.78 is 5.11. The Kier molecular flexibility index (Phi) is 4.51. The third-order valence-electron chi connectivity index (χ3n) is 2.18. The van der Waals surface area contributed by atoms with Gasteiger partial charge in [0.05, 0.1) is 0 Å². The van der Waals surface area contributed by atoms with Crippen molar-refractivity contribution < 1.29 is 19.1 Å². The molecule has 17 heavy (non-hydrogen) atoms. The molecule has 1 unspecified atom stereocenters. The number of amides is 1. The lowest BCUT2D eigenvalue weighted by molar-refractivity contribution is -0.139. The molecule has 0 aliphatic rings. The van der Waals surface area contributed by atoms with Crippen molar-refractivity contribution >= 4 is 11.9 Å². The molecule has 1 aromatic heterocycles. The van der Waals surface area contributed by atoms with E-state index in [0.29, 0.717) is 5.76 Å². The fourth-order valence-corrected chi connectivity index (χ4v) is 1.28. The third-order valence-corrected chi connectivity index (χ3v) is 2.18. The third kappa shape index (κ3) is 3.79. The van der Waals surface area contributed by atoms with Crippen molar-refractivity contribution in [3.05, 3.63) is 35.8 Å². The molecule has 1 amide bonds. The first kappa shape index (κ1) is 13.0. The second kappa shape index (κ2) is 5.89. The van der Waals surface area contributed by atoms with Crippen LogP contribution in [-0.4, -0.2) is 23.0 Å². The molecule has 0 saturated heterocycles. The van der Waals surface area contributed by atoms with Crippen LogP contribution >= 0.6 is 0 Å². The normalized spacial score (nSPS) is 12.6. The molecule has 0 radical (unpaired) electrons. The van der Waals surface area contributed by atoms with Gasteiger partial charge in [0.25, 0.3) is 5.91 Å². The molecular formula is C12H15NO4. The molecule has 0 bridgehead atoms. The molecule has 0 fully saturated rings. The fraction of sp³-hybridized carbons (Fsp3) is 0.333. The highest BCUT2D eigenvalue weighted by Gasteiger charge is 2.20. The molecular weight excluding hydrogens is 222 g/mol. The Morgan fingerprint density at radius 1 is 1.53 bits per heavy atom. The van der Waals surface area contributed by atoms with Crippen LogP contribution < -0.4 is 5.32 Å². The molecule has 0 aliphatic carbocycles. The molecule has 0 aromatic carbocycles. The van der Waals surface area contributed by atoms with Crippen LogP contribution in [-0.2, 0) is 4.79 Å². The molecule has 0 saturated carbocycles. The van der Waals surface area contributed by atoms with Gasteiger partial charge >= 0.3 is 5.97 Å². The number of aliphatic carboxylic acids is 1. The summed E-state index contributed by atoms with van der Waals surface area (Å²) >= 11 is 0. The van der Waals surface area contributed by atoms with Crippen molar-refractivity contribution in [2.24, 2.45) is 0 Å². The van der Waals surface area contributed by atoms with Gasteiger partial charge < -0.3 is 14.8 Å². The number of hydrogen-bond donors (Lipinski definition) is 2. The van der Waals surface area contributed by atoms with Gasteiger partial charge in [-0.1, -0.05) is 12.2 Å². The minimum atomic E-state index is -1.07. The lowest BCUT2D eigenvalue weighted by atomic mass is 10.2. The Labute approximate surface area is 99.1 Å². The summed E-state index contributed by atoms with van der Waals surface area (Å²) in [7, 11) is 0. The van der Waals surface area contributed by atoms with Crippen LogP contribution in [0.5, 0.6) is 0 Å². The molecule has 0 spiro atoms. The van der Waals surface area contributed by atoms with Crippen LogP contribution in [0.4, 0.5) is 0 Å². The number of carbonyl (C=O) groups is 2. The summed E-state index contributed by atoms with van der Waals surface area (Å²) in [6.45, 7) is 3.50. The lowest BCUT2D eigenvalue weighted by Crippen LogP contribution is -2.40. The Morgan fingerprint density at radius 2 is 2.24 bits per heavy atom. The summed E-state index contributed by atoms with van der Waals surface area (Å²) in [4.78, 5) is 22.5. The Bertz CT molecular complexity index is 433. The molecule has 0 aliphatic heterocycles. The molecule has 5 heteroatoms. The monoisotopic (exact) mass is 237 g/mol. The maximum atomic E-state index is 11.6. The van der Waals surface area contributed by atoms with Crippen LogP contribution in [0.15, 0.2) is 28.7 Å². The first-order valence-electron chi connectivity index (χ1n) is 5.26. The minimum Gasteiger partial charge on any atom is -0.480 e. The van der Waals surface area contributed by atoms with Crippen molar-refractivity contribution in [3.63, 3.8) is 0 Å². The maximum absolute atomic E-state index is 11.6. The van der Waals surface area contributed by atoms with Crippen molar-refractivity contribution in [2.75, 3.05) is 0 Å². The zero-order valence-corrected chi connectivity index (χ0v) is 9.77. The number of hydrogen-bond acceptors (Lipinski definition) is 3. The Morgan fingerprint density at radius 3 is 2.71 bits per heavy atom. The molecule has 1 atom stereocenters. The van der Waals surface area contributed by atoms with E-state index in [0.717, 1.165) is 0 Å². The molecule has 92 valence electrons. The average molecular weight is 237 g/mol. The Balaban J connectivity index is 2.67. The largest absolute Gasteiger partial charge is 0.480 e. The van der Waals surface area contributed by atoms with Crippen LogP contribution in [0.2, 0.25) is 0 Å². The second-order valence-corrected chi connectivity index (χ2v) is 3.58. The Hall–Kier alpha value is -2.04. The predicted octanol–water partition coefficient (Wildman–Crippen LogP) is 1.74. The number of carboxylic acids is 1. The lowest BCUT2D eigenvalue weighted by Gasteiger charge is -2.11. The van der Waals surface area contributed by atoms with Gasteiger partial charge in [-0.15, -0.1) is 0 Å². The van der Waals surface area contributed by atoms with E-state index in [1.165, 1.54) is 6.07 Å². The van der Waals surface area contributed by atoms with E-state index < -0.39 is 17.9 Å². The summed E-state index contributed by atoms with van der Waals surface area (Å²) in [5, 5.41) is 11.3. The molecule has 2 N–H and O–H groups in total. The van der Waals surface area contributed by atoms with Gasteiger partial charge in [0, 0.05) is 0 Å². The number of furan rings is 1. The van der Waals surface area contributed by atoms with Gasteiger partial charge in [-0.3, -0.25) is 4.79 Å². The zero-order valence-electron chi connectivity index (χ0n) is 9.77. The van der Waals surface area contributed by atoms with E-state index in [1.54, 1.807) is 32.1 Å². The van der Waals surface area contributed by atoms with Gasteiger partial charge in [-0.2, -0.15) is 0 Å². The summed E-state index contributed by atoms with van der Waals surface area (Å²) in [5.74, 6) is -0.862. The van der Waals surface area contributed by atoms with E-state index in [-0.39, 0.29) is 12.2 Å². The molecule has 5 nitrogen and oxygen atoms in total. The summed E-state index contributed by atoms with van der Waals surface area (Å²) in [6, 6.07) is 2.22. The highest BCUT2D eigenvalue weighted by Crippen LogP contribution is 2.07. The predicted molar refractivity (Wildman–Crippen MR) is 61.8 cm³/mol. The van der Waals surface area contributed by atoms with Crippen LogP contribution in [0.1, 0.15) is 29.7 Å². The highest BCUT2D eigenvalue weighted by atomic mass is 16.4. The van der Waals surface area contributed by atoms with Crippen LogP contribution in [0, 0.1) is 6.92 Å². The number of rotatable bonds is 5. The van der Waals surface area contributed by atoms with Gasteiger partial charge in [0.15, 0.2) is 5.76 Å². The maximum Gasteiger partial charge on any atom is 0.326 e. The van der Waals surface area contributed by atoms with Crippen molar-refractivity contribution in [1.29, 1.82) is 0 Å². The SMILES string of the molecule is C/C=C/CC(NC(=O)c1ccc(C)o1)C(=O)O. The van der Waals surface area contributed by atoms with E-state index in [1.807, 2.05) is 0 Å². The fourth-order valence-electron chi connectivity index (χ4n) is 1.28. The number of aryl methyl sites for hydroxylation is 1. The van der Waals surface area contributed by atoms with Gasteiger partial charge in [0.2, 0.25) is 0 Å². The standard InChI is InChI=1S/C12H15NO4/c1-3-4-5-9(12(15)16)13-11(14)10-7-6-8(2)17-10/h3-4,6-7,9H,5H2,1-2H3,(H,13,14)(H,15,16)/b4-3+. The van der Waals surface area contributed by atoms with Crippen LogP contribution in [0.3, 0.4) is 0 Å². The van der Waals surface area contributed by atoms with E-state index >= 15 is 0 Å². The molecule has 1 heterocycles. The first-order chi connectivity index (χ1) is 8.04. The number of nitrogens with one attached hydrogen (secondary N) is 1. The van der Waals surface area contributed by atoms with Crippen molar-refractivity contribution in [2.45, 2.75) is 26.3 Å². The van der Waals surface area contributed by atoms with Crippen LogP contribution in [0.25, 0.3) is 0 Å². The number of carbonyl (C=O) groups excluding carboxylic acids is 1. The average Bonchev–Trinajstić information content (AvgIpc) is 2.70. The van der Waals surface area contributed by atoms with Crippen molar-refractivity contribution in [3.8, 4) is 0 Å². The summed E-state index contributed by atoms with van der Waals surface area (Å²) in [6.07, 6.45) is 3.67. The second-order valence-electron chi connectivity index (χ2n) is 3.58. The van der Waals surface area contributed by atoms with Gasteiger partial charge in [-0.25, -0.2) is 4.79 Å². The van der Waals surface area contributed by atoms with Gasteiger partial charge in [-0.05, 0) is 32.4 Å². The smallest absolute Gasteiger partial charge is 0.326 e. The van der Waals surface area contributed by atoms with E-state index in [9.17, 15) is 9.59 Å². The quantitative estimate of drug-likeness (QED) is 0.764. The molecule has 1 rings (SSSR count). The first-order valence-corrected chi connectivity index (χ1v) is 5.26. The molecule has 1 aromatic rings. The highest BCUT2D eigenvalue weighted by molar-refractivity contribution is 5.94. The number of carboxylic acid groups (broad SMARTS) is 1. The van der Waals surface area contributed by atoms with Crippen molar-refractivity contribution in [1.82, 2.24) is 5.32 Å². The minimum absolute atomic E-state index is 0.120. The van der Waals surface area contributed by atoms with E-state index in [4.69, 9.17) is 9.52 Å². The number of allylic oxidation sites excluding steroid dienone is 1.